The Balaban J connectivity index is 3.85. The van der Waals surface area contributed by atoms with Crippen LogP contribution in [0.1, 0.15) is 6.42 Å². The van der Waals surface area contributed by atoms with Crippen molar-refractivity contribution in [1.29, 1.82) is 0 Å². The second-order valence-corrected chi connectivity index (χ2v) is 4.10. The number of hydrogen-bond donors (Lipinski definition) is 3. The molecule has 76 valence electrons. The average Bonchev–Trinajstić information content (AvgIpc) is 1.81. The van der Waals surface area contributed by atoms with Gasteiger partial charge in [0.25, 0.3) is 0 Å². The van der Waals surface area contributed by atoms with Crippen molar-refractivity contribution in [2.45, 2.75) is 6.42 Å². The molecule has 13 heavy (non-hydrogen) atoms. The van der Waals surface area contributed by atoms with Crippen molar-refractivity contribution in [3.8, 4) is 0 Å². The Labute approximate surface area is 76.2 Å². The van der Waals surface area contributed by atoms with Crippen LogP contribution in [-0.4, -0.2) is 33.1 Å². The summed E-state index contributed by atoms with van der Waals surface area (Å²) in [6.07, 6.45) is 0.830. The van der Waals surface area contributed by atoms with Crippen LogP contribution in [0.5, 0.6) is 0 Å². The van der Waals surface area contributed by atoms with E-state index in [1.165, 1.54) is 0 Å². The highest BCUT2D eigenvalue weighted by molar-refractivity contribution is 7.89. The molecule has 0 spiro atoms. The average molecular weight is 208 g/mol. The summed E-state index contributed by atoms with van der Waals surface area (Å²) in [5, 5.41) is 0. The molecule has 0 aliphatic rings. The normalized spacial score (nSPS) is 10.5. The van der Waals surface area contributed by atoms with Gasteiger partial charge in [0.05, 0.1) is 12.8 Å². The highest BCUT2D eigenvalue weighted by atomic mass is 32.2. The first-order chi connectivity index (χ1) is 5.81. The molecule has 0 rings (SSSR count). The topological polar surface area (TPSA) is 128 Å². The summed E-state index contributed by atoms with van der Waals surface area (Å²) in [4.78, 5) is 14.3. The molecule has 0 saturated carbocycles. The summed E-state index contributed by atoms with van der Waals surface area (Å²) >= 11 is 0. The van der Waals surface area contributed by atoms with Crippen LogP contribution < -0.4 is 16.2 Å². The van der Waals surface area contributed by atoms with Gasteiger partial charge in [0.15, 0.2) is 5.96 Å². The lowest BCUT2D eigenvalue weighted by atomic mass is 10.4. The van der Waals surface area contributed by atoms with Gasteiger partial charge >= 0.3 is 0 Å². The lowest BCUT2D eigenvalue weighted by Gasteiger charge is -1.99. The third kappa shape index (κ3) is 8.60. The van der Waals surface area contributed by atoms with Gasteiger partial charge < -0.3 is 11.5 Å². The van der Waals surface area contributed by atoms with Crippen molar-refractivity contribution in [3.05, 3.63) is 0 Å². The zero-order chi connectivity index (χ0) is 10.5. The summed E-state index contributed by atoms with van der Waals surface area (Å²) in [7, 11) is -3.48. The highest BCUT2D eigenvalue weighted by Crippen LogP contribution is 1.83. The molecule has 0 heterocycles. The van der Waals surface area contributed by atoms with Gasteiger partial charge in [-0.15, -0.1) is 0 Å². The zero-order valence-corrected chi connectivity index (χ0v) is 7.97. The standard InChI is InChI=1S/C5H12N4O3S/c1-13(11,12)9-4(10)2-3-8-5(6)7/h2-3H2,1H3,(H,9,10)(H4,6,7,8). The van der Waals surface area contributed by atoms with Gasteiger partial charge in [-0.3, -0.25) is 14.5 Å². The maximum absolute atomic E-state index is 10.8. The molecule has 0 atom stereocenters. The number of nitrogens with one attached hydrogen (secondary N) is 1. The fraction of sp³-hybridized carbons (Fsp3) is 0.600. The quantitative estimate of drug-likeness (QED) is 0.354. The van der Waals surface area contributed by atoms with E-state index in [0.29, 0.717) is 0 Å². The molecule has 0 unspecified atom stereocenters. The summed E-state index contributed by atoms with van der Waals surface area (Å²) in [5.74, 6) is -0.764. The smallest absolute Gasteiger partial charge is 0.235 e. The minimum absolute atomic E-state index is 0.0645. The van der Waals surface area contributed by atoms with E-state index in [0.717, 1.165) is 6.26 Å². The van der Waals surface area contributed by atoms with Gasteiger partial charge in [0.1, 0.15) is 0 Å². The Bertz CT molecular complexity index is 304. The second-order valence-electron chi connectivity index (χ2n) is 2.35. The first-order valence-electron chi connectivity index (χ1n) is 3.37. The molecular weight excluding hydrogens is 196 g/mol. The summed E-state index contributed by atoms with van der Waals surface area (Å²) in [6, 6.07) is 0. The van der Waals surface area contributed by atoms with Crippen LogP contribution in [0, 0.1) is 0 Å². The number of amides is 1. The summed E-state index contributed by atoms with van der Waals surface area (Å²) < 4.78 is 22.8. The van der Waals surface area contributed by atoms with E-state index in [1.807, 2.05) is 0 Å². The lowest BCUT2D eigenvalue weighted by Crippen LogP contribution is -2.30. The van der Waals surface area contributed by atoms with Gasteiger partial charge in [-0.2, -0.15) is 0 Å². The molecule has 0 saturated heterocycles. The number of guanidine groups is 1. The Hall–Kier alpha value is -1.31. The van der Waals surface area contributed by atoms with E-state index in [9.17, 15) is 13.2 Å². The zero-order valence-electron chi connectivity index (χ0n) is 7.15. The van der Waals surface area contributed by atoms with E-state index in [-0.39, 0.29) is 18.9 Å². The van der Waals surface area contributed by atoms with Crippen LogP contribution in [0.3, 0.4) is 0 Å². The number of aliphatic imine (C=N–C) groups is 1. The molecule has 8 heteroatoms. The first kappa shape index (κ1) is 11.7. The fourth-order valence-corrected chi connectivity index (χ4v) is 1.06. The van der Waals surface area contributed by atoms with E-state index in [2.05, 4.69) is 4.99 Å². The molecule has 1 amide bonds. The van der Waals surface area contributed by atoms with Crippen LogP contribution in [0.25, 0.3) is 0 Å². The molecule has 0 bridgehead atoms. The number of sulfonamides is 1. The molecule has 0 aliphatic carbocycles. The molecular formula is C5H12N4O3S. The van der Waals surface area contributed by atoms with Crippen molar-refractivity contribution in [1.82, 2.24) is 4.72 Å². The number of rotatable bonds is 4. The van der Waals surface area contributed by atoms with Crippen molar-refractivity contribution in [2.24, 2.45) is 16.5 Å². The largest absolute Gasteiger partial charge is 0.370 e. The molecule has 0 fully saturated rings. The Morgan fingerprint density at radius 2 is 2.00 bits per heavy atom. The van der Waals surface area contributed by atoms with Gasteiger partial charge in [-0.05, 0) is 0 Å². The fourth-order valence-electron chi connectivity index (χ4n) is 0.544. The van der Waals surface area contributed by atoms with Gasteiger partial charge in [0, 0.05) is 6.42 Å². The van der Waals surface area contributed by atoms with E-state index in [1.54, 1.807) is 4.72 Å². The molecule has 0 aromatic carbocycles. The van der Waals surface area contributed by atoms with Crippen LogP contribution in [0.15, 0.2) is 4.99 Å². The minimum Gasteiger partial charge on any atom is -0.370 e. The predicted molar refractivity (Wildman–Crippen MR) is 48.3 cm³/mol. The molecule has 0 aromatic heterocycles. The van der Waals surface area contributed by atoms with E-state index < -0.39 is 15.9 Å². The Morgan fingerprint density at radius 1 is 1.46 bits per heavy atom. The third-order valence-electron chi connectivity index (χ3n) is 0.932. The number of hydrogen-bond acceptors (Lipinski definition) is 4. The van der Waals surface area contributed by atoms with Crippen molar-refractivity contribution in [2.75, 3.05) is 12.8 Å². The van der Waals surface area contributed by atoms with Gasteiger partial charge in [-0.25, -0.2) is 8.42 Å². The van der Waals surface area contributed by atoms with Crippen LogP contribution >= 0.6 is 0 Å². The monoisotopic (exact) mass is 208 g/mol. The van der Waals surface area contributed by atoms with Crippen molar-refractivity contribution < 1.29 is 13.2 Å². The summed E-state index contributed by atoms with van der Waals surface area (Å²) in [5.41, 5.74) is 9.97. The minimum atomic E-state index is -3.48. The van der Waals surface area contributed by atoms with Gasteiger partial charge in [-0.1, -0.05) is 0 Å². The van der Waals surface area contributed by atoms with E-state index >= 15 is 0 Å². The summed E-state index contributed by atoms with van der Waals surface area (Å²) in [6.45, 7) is 0.0731. The Morgan fingerprint density at radius 3 is 2.38 bits per heavy atom. The lowest BCUT2D eigenvalue weighted by molar-refractivity contribution is -0.119. The first-order valence-corrected chi connectivity index (χ1v) is 5.26. The van der Waals surface area contributed by atoms with Crippen molar-refractivity contribution in [3.63, 3.8) is 0 Å². The third-order valence-corrected chi connectivity index (χ3v) is 1.53. The Kier molecular flexibility index (Phi) is 4.18. The highest BCUT2D eigenvalue weighted by Gasteiger charge is 2.06. The van der Waals surface area contributed by atoms with Crippen LogP contribution in [-0.2, 0) is 14.8 Å². The van der Waals surface area contributed by atoms with Crippen LogP contribution in [0.4, 0.5) is 0 Å². The molecule has 0 aromatic rings. The maximum atomic E-state index is 10.8. The maximum Gasteiger partial charge on any atom is 0.235 e. The number of nitrogens with zero attached hydrogens (tertiary/aromatic N) is 1. The molecule has 7 nitrogen and oxygen atoms in total. The number of nitrogens with two attached hydrogens (primary N) is 2. The van der Waals surface area contributed by atoms with Crippen LogP contribution in [0.2, 0.25) is 0 Å². The van der Waals surface area contributed by atoms with E-state index in [4.69, 9.17) is 11.5 Å². The van der Waals surface area contributed by atoms with Gasteiger partial charge in [0.2, 0.25) is 15.9 Å². The predicted octanol–water partition coefficient (Wildman–Crippen LogP) is -2.27. The number of carbonyl (C=O) groups is 1. The van der Waals surface area contributed by atoms with Crippen molar-refractivity contribution >= 4 is 21.9 Å². The second kappa shape index (κ2) is 4.65. The molecule has 0 radical (unpaired) electrons. The molecule has 0 aliphatic heterocycles. The molecule has 5 N–H and O–H groups in total. The SMILES string of the molecule is CS(=O)(=O)NC(=O)CCN=C(N)N. The number of carbonyl (C=O) groups excluding carboxylic acids is 1.